The molecule has 0 saturated heterocycles. The summed E-state index contributed by atoms with van der Waals surface area (Å²) >= 11 is 6.00. The molecule has 1 aromatic rings. The summed E-state index contributed by atoms with van der Waals surface area (Å²) in [5, 5.41) is 3.61. The van der Waals surface area contributed by atoms with E-state index in [0.717, 1.165) is 12.8 Å². The van der Waals surface area contributed by atoms with Crippen molar-refractivity contribution in [3.05, 3.63) is 28.8 Å². The maximum absolute atomic E-state index is 12.6. The molecule has 2 saturated carbocycles. The molecule has 2 aliphatic carbocycles. The third-order valence-corrected chi connectivity index (χ3v) is 5.73. The summed E-state index contributed by atoms with van der Waals surface area (Å²) in [6.45, 7) is 5.96. The fourth-order valence-electron chi connectivity index (χ4n) is 4.59. The summed E-state index contributed by atoms with van der Waals surface area (Å²) in [6.07, 6.45) is 2.14. The van der Waals surface area contributed by atoms with E-state index in [1.165, 1.54) is 0 Å². The zero-order valence-corrected chi connectivity index (χ0v) is 14.9. The first kappa shape index (κ1) is 15.9. The highest BCUT2D eigenvalue weighted by atomic mass is 35.5. The van der Waals surface area contributed by atoms with Crippen molar-refractivity contribution in [2.24, 2.45) is 17.8 Å². The van der Waals surface area contributed by atoms with E-state index in [4.69, 9.17) is 16.3 Å². The smallest absolute Gasteiger partial charge is 0.224 e. The molecule has 4 nitrogen and oxygen atoms in total. The van der Waals surface area contributed by atoms with E-state index in [-0.39, 0.29) is 29.1 Å². The van der Waals surface area contributed by atoms with Gasteiger partial charge in [0.25, 0.3) is 0 Å². The molecule has 0 radical (unpaired) electrons. The Hall–Kier alpha value is -1.55. The molecule has 24 heavy (non-hydrogen) atoms. The van der Waals surface area contributed by atoms with Crippen LogP contribution in [0.5, 0.6) is 5.75 Å². The number of fused-ring (bicyclic) bond motifs is 3. The van der Waals surface area contributed by atoms with Gasteiger partial charge in [-0.25, -0.2) is 0 Å². The number of ether oxygens (including phenoxy) is 1. The molecule has 1 aromatic carbocycles. The van der Waals surface area contributed by atoms with Crippen LogP contribution in [-0.4, -0.2) is 22.8 Å². The number of nitrogens with one attached hydrogen (secondary N) is 1. The minimum Gasteiger partial charge on any atom is -0.486 e. The number of Topliss-reactive ketones (excluding diaryl/α,β-unsaturated/α-hetero) is 1. The van der Waals surface area contributed by atoms with Crippen LogP contribution < -0.4 is 10.1 Å². The number of carbonyl (C=O) groups is 2. The van der Waals surface area contributed by atoms with Gasteiger partial charge in [-0.2, -0.15) is 0 Å². The molecule has 128 valence electrons. The van der Waals surface area contributed by atoms with Gasteiger partial charge < -0.3 is 10.1 Å². The molecule has 1 spiro atoms. The molecule has 1 amide bonds. The molecule has 4 unspecified atom stereocenters. The monoisotopic (exact) mass is 347 g/mol. The van der Waals surface area contributed by atoms with Gasteiger partial charge in [0.1, 0.15) is 11.4 Å². The molecule has 0 aromatic heterocycles. The maximum Gasteiger partial charge on any atom is 0.224 e. The predicted octanol–water partition coefficient (Wildman–Crippen LogP) is 3.61. The van der Waals surface area contributed by atoms with Crippen LogP contribution in [0.15, 0.2) is 18.2 Å². The number of rotatable bonds is 1. The number of amides is 1. The molecule has 2 fully saturated rings. The summed E-state index contributed by atoms with van der Waals surface area (Å²) in [4.78, 5) is 25.2. The molecular weight excluding hydrogens is 326 g/mol. The summed E-state index contributed by atoms with van der Waals surface area (Å²) < 4.78 is 6.31. The van der Waals surface area contributed by atoms with E-state index in [2.05, 4.69) is 5.32 Å². The Bertz CT molecular complexity index is 739. The Morgan fingerprint density at radius 1 is 1.38 bits per heavy atom. The van der Waals surface area contributed by atoms with Crippen LogP contribution in [0.1, 0.15) is 50.4 Å². The van der Waals surface area contributed by atoms with Crippen LogP contribution >= 0.6 is 11.6 Å². The summed E-state index contributed by atoms with van der Waals surface area (Å²) in [5.74, 6) is 1.23. The molecule has 4 atom stereocenters. The molecular formula is C19H22ClNO3. The van der Waals surface area contributed by atoms with Crippen LogP contribution in [0.2, 0.25) is 5.02 Å². The number of carbonyl (C=O) groups excluding carboxylic acids is 2. The average molecular weight is 348 g/mol. The van der Waals surface area contributed by atoms with Crippen molar-refractivity contribution in [1.82, 2.24) is 5.32 Å². The summed E-state index contributed by atoms with van der Waals surface area (Å²) in [5.41, 5.74) is -0.191. The standard InChI is InChI=1S/C19H22ClNO3/c1-18(2,3)21-17(23)15-11-6-7-19(16(11)15)9-13(22)12-8-10(20)4-5-14(12)24-19/h4-5,8,11,15-16H,6-7,9H2,1-3H3,(H,21,23). The Morgan fingerprint density at radius 3 is 2.83 bits per heavy atom. The molecule has 4 rings (SSSR count). The molecule has 1 N–H and O–H groups in total. The first-order chi connectivity index (χ1) is 11.2. The number of halogens is 1. The highest BCUT2D eigenvalue weighted by Crippen LogP contribution is 2.65. The third-order valence-electron chi connectivity index (χ3n) is 5.49. The van der Waals surface area contributed by atoms with Gasteiger partial charge in [0.2, 0.25) is 5.91 Å². The number of ketones is 1. The van der Waals surface area contributed by atoms with Gasteiger partial charge in [0, 0.05) is 22.4 Å². The normalized spacial score (nSPS) is 33.7. The zero-order chi connectivity index (χ0) is 17.3. The Balaban J connectivity index is 1.58. The molecule has 1 aliphatic heterocycles. The van der Waals surface area contributed by atoms with Crippen molar-refractivity contribution in [2.75, 3.05) is 0 Å². The Labute approximate surface area is 146 Å². The second-order valence-corrected chi connectivity index (χ2v) is 8.84. The van der Waals surface area contributed by atoms with Gasteiger partial charge in [-0.3, -0.25) is 9.59 Å². The van der Waals surface area contributed by atoms with Crippen LogP contribution in [-0.2, 0) is 4.79 Å². The van der Waals surface area contributed by atoms with Gasteiger partial charge in [-0.05, 0) is 57.7 Å². The predicted molar refractivity (Wildman–Crippen MR) is 91.4 cm³/mol. The fourth-order valence-corrected chi connectivity index (χ4v) is 4.77. The lowest BCUT2D eigenvalue weighted by molar-refractivity contribution is -0.125. The first-order valence-electron chi connectivity index (χ1n) is 8.54. The minimum atomic E-state index is -0.511. The van der Waals surface area contributed by atoms with Crippen molar-refractivity contribution >= 4 is 23.3 Å². The average Bonchev–Trinajstić information content (AvgIpc) is 3.11. The largest absolute Gasteiger partial charge is 0.486 e. The van der Waals surface area contributed by atoms with E-state index in [1.54, 1.807) is 18.2 Å². The van der Waals surface area contributed by atoms with Crippen LogP contribution in [0.25, 0.3) is 0 Å². The Kier molecular flexibility index (Phi) is 3.31. The second kappa shape index (κ2) is 4.98. The van der Waals surface area contributed by atoms with E-state index >= 15 is 0 Å². The van der Waals surface area contributed by atoms with Gasteiger partial charge in [0.15, 0.2) is 5.78 Å². The van der Waals surface area contributed by atoms with Crippen molar-refractivity contribution in [3.63, 3.8) is 0 Å². The lowest BCUT2D eigenvalue weighted by atomic mass is 9.84. The van der Waals surface area contributed by atoms with Gasteiger partial charge in [0.05, 0.1) is 12.0 Å². The lowest BCUT2D eigenvalue weighted by Gasteiger charge is -2.37. The van der Waals surface area contributed by atoms with E-state index < -0.39 is 5.60 Å². The van der Waals surface area contributed by atoms with Crippen molar-refractivity contribution < 1.29 is 14.3 Å². The molecule has 3 aliphatic rings. The summed E-state index contributed by atoms with van der Waals surface area (Å²) in [7, 11) is 0. The highest BCUT2D eigenvalue weighted by molar-refractivity contribution is 6.31. The van der Waals surface area contributed by atoms with Crippen molar-refractivity contribution in [1.29, 1.82) is 0 Å². The fraction of sp³-hybridized carbons (Fsp3) is 0.579. The topological polar surface area (TPSA) is 55.4 Å². The first-order valence-corrected chi connectivity index (χ1v) is 8.92. The van der Waals surface area contributed by atoms with Gasteiger partial charge >= 0.3 is 0 Å². The lowest BCUT2D eigenvalue weighted by Crippen LogP contribution is -2.46. The second-order valence-electron chi connectivity index (χ2n) is 8.40. The third kappa shape index (κ3) is 2.43. The van der Waals surface area contributed by atoms with Gasteiger partial charge in [-0.15, -0.1) is 0 Å². The quantitative estimate of drug-likeness (QED) is 0.844. The van der Waals surface area contributed by atoms with E-state index in [1.807, 2.05) is 20.8 Å². The van der Waals surface area contributed by atoms with Crippen LogP contribution in [0.4, 0.5) is 0 Å². The SMILES string of the molecule is CC(C)(C)NC(=O)C1C2CCC3(CC(=O)c4cc(Cl)ccc4O3)C21. The maximum atomic E-state index is 12.6. The van der Waals surface area contributed by atoms with E-state index in [9.17, 15) is 9.59 Å². The number of hydrogen-bond donors (Lipinski definition) is 1. The van der Waals surface area contributed by atoms with Crippen molar-refractivity contribution in [2.45, 2.75) is 51.2 Å². The minimum absolute atomic E-state index is 0.0281. The van der Waals surface area contributed by atoms with E-state index in [0.29, 0.717) is 28.7 Å². The van der Waals surface area contributed by atoms with Crippen molar-refractivity contribution in [3.8, 4) is 5.75 Å². The number of benzene rings is 1. The molecule has 1 heterocycles. The number of hydrogen-bond acceptors (Lipinski definition) is 3. The highest BCUT2D eigenvalue weighted by Gasteiger charge is 2.70. The molecule has 0 bridgehead atoms. The Morgan fingerprint density at radius 2 is 2.12 bits per heavy atom. The van der Waals surface area contributed by atoms with Gasteiger partial charge in [-0.1, -0.05) is 11.6 Å². The van der Waals surface area contributed by atoms with Crippen LogP contribution in [0.3, 0.4) is 0 Å². The molecule has 5 heteroatoms. The summed E-state index contributed by atoms with van der Waals surface area (Å²) in [6, 6.07) is 5.20. The van der Waals surface area contributed by atoms with Crippen LogP contribution in [0, 0.1) is 17.8 Å². The zero-order valence-electron chi connectivity index (χ0n) is 14.2.